The zero-order chi connectivity index (χ0) is 50.7. The number of nitrogens with zero attached hydrogens (tertiary/aromatic N) is 7. The number of benzene rings is 9. The number of aromatic nitrogens is 3. The first kappa shape index (κ1) is 44.7. The lowest BCUT2D eigenvalue weighted by molar-refractivity contribution is -0.137. The number of hydrogen-bond acceptors (Lipinski definition) is 5. The molecule has 0 unspecified atom stereocenters. The van der Waals surface area contributed by atoms with Crippen molar-refractivity contribution in [1.82, 2.24) is 14.1 Å². The third-order valence-electron chi connectivity index (χ3n) is 13.7. The van der Waals surface area contributed by atoms with Gasteiger partial charge in [0.05, 0.1) is 91.7 Å². The van der Waals surface area contributed by atoms with E-state index in [2.05, 4.69) is 53.5 Å². The fourth-order valence-electron chi connectivity index (χ4n) is 10.3. The van der Waals surface area contributed by atoms with Crippen molar-refractivity contribution in [3.8, 4) is 91.3 Å². The molecule has 0 radical (unpaired) electrons. The van der Waals surface area contributed by atoms with E-state index in [1.807, 2.05) is 130 Å². The first-order valence-electron chi connectivity index (χ1n) is 23.5. The van der Waals surface area contributed by atoms with Gasteiger partial charge in [0.15, 0.2) is 0 Å². The van der Waals surface area contributed by atoms with E-state index in [1.54, 1.807) is 42.7 Å². The largest absolute Gasteiger partial charge is 0.416 e. The Balaban J connectivity index is 1.13. The molecule has 9 aromatic carbocycles. The molecule has 12 rings (SSSR count). The van der Waals surface area contributed by atoms with Crippen LogP contribution in [0.25, 0.3) is 111 Å². The van der Waals surface area contributed by atoms with Gasteiger partial charge in [-0.25, -0.2) is 0 Å². The third kappa shape index (κ3) is 7.65. The number of halogens is 3. The quantitative estimate of drug-likeness (QED) is 0.158. The van der Waals surface area contributed by atoms with Crippen LogP contribution in [0.4, 0.5) is 13.2 Å². The van der Waals surface area contributed by atoms with Crippen LogP contribution in [-0.4, -0.2) is 14.1 Å². The molecule has 3 aromatic heterocycles. The van der Waals surface area contributed by atoms with Gasteiger partial charge in [0.1, 0.15) is 0 Å². The average molecular weight is 958 g/mol. The van der Waals surface area contributed by atoms with Crippen LogP contribution in [0.5, 0.6) is 0 Å². The molecule has 0 spiro atoms. The van der Waals surface area contributed by atoms with Crippen molar-refractivity contribution in [2.75, 3.05) is 0 Å². The first-order valence-corrected chi connectivity index (χ1v) is 23.5. The summed E-state index contributed by atoms with van der Waals surface area (Å²) in [6, 6.07) is 68.0. The predicted molar refractivity (Wildman–Crippen MR) is 284 cm³/mol. The second-order valence-electron chi connectivity index (χ2n) is 18.0. The van der Waals surface area contributed by atoms with Gasteiger partial charge in [-0.15, -0.1) is 0 Å². The monoisotopic (exact) mass is 957 g/mol. The zero-order valence-corrected chi connectivity index (χ0v) is 38.9. The van der Waals surface area contributed by atoms with Crippen LogP contribution in [0, 0.1) is 45.3 Å². The van der Waals surface area contributed by atoms with Crippen LogP contribution in [-0.2, 0) is 6.18 Å². The van der Waals surface area contributed by atoms with E-state index in [0.717, 1.165) is 94.2 Å². The Labute approximate surface area is 422 Å². The van der Waals surface area contributed by atoms with E-state index >= 15 is 13.2 Å². The van der Waals surface area contributed by atoms with Crippen LogP contribution < -0.4 is 0 Å². The summed E-state index contributed by atoms with van der Waals surface area (Å²) in [4.78, 5) is 4.62. The highest BCUT2D eigenvalue weighted by molar-refractivity contribution is 6.14. The van der Waals surface area contributed by atoms with Crippen molar-refractivity contribution in [3.05, 3.63) is 234 Å². The van der Waals surface area contributed by atoms with Gasteiger partial charge in [-0.2, -0.15) is 34.2 Å². The van der Waals surface area contributed by atoms with Gasteiger partial charge in [-0.1, -0.05) is 72.8 Å². The Morgan fingerprint density at radius 2 is 0.703 bits per heavy atom. The van der Waals surface area contributed by atoms with Crippen LogP contribution in [0.1, 0.15) is 27.8 Å². The molecule has 3 heterocycles. The molecule has 0 aliphatic carbocycles. The molecule has 0 aliphatic heterocycles. The maximum atomic E-state index is 15.1. The Morgan fingerprint density at radius 3 is 1.05 bits per heavy atom. The Hall–Kier alpha value is -10.5. The number of pyridine rings is 1. The van der Waals surface area contributed by atoms with Crippen molar-refractivity contribution >= 4 is 43.6 Å². The Morgan fingerprint density at radius 1 is 0.351 bits per heavy atom. The predicted octanol–water partition coefficient (Wildman–Crippen LogP) is 16.1. The van der Waals surface area contributed by atoms with Gasteiger partial charge in [-0.05, 0) is 166 Å². The molecule has 0 saturated heterocycles. The van der Waals surface area contributed by atoms with Gasteiger partial charge in [0.2, 0.25) is 0 Å². The lowest BCUT2D eigenvalue weighted by Crippen LogP contribution is -2.08. The molecule has 74 heavy (non-hydrogen) atoms. The van der Waals surface area contributed by atoms with Crippen molar-refractivity contribution in [2.45, 2.75) is 6.18 Å². The molecular formula is C64H34F3N7. The smallest absolute Gasteiger partial charge is 0.309 e. The summed E-state index contributed by atoms with van der Waals surface area (Å²) in [5.74, 6) is 0. The van der Waals surface area contributed by atoms with Crippen LogP contribution >= 0.6 is 0 Å². The van der Waals surface area contributed by atoms with E-state index in [-0.39, 0.29) is 0 Å². The first-order chi connectivity index (χ1) is 36.1. The highest BCUT2D eigenvalue weighted by Gasteiger charge is 2.32. The summed E-state index contributed by atoms with van der Waals surface area (Å²) in [5, 5.41) is 42.5. The third-order valence-corrected chi connectivity index (χ3v) is 13.7. The fraction of sp³-hybridized carbons (Fsp3) is 0.0156. The molecule has 0 fully saturated rings. The SMILES string of the molecule is N#Cc1cccc(-c2ccc3c(c2)c2cc(-c4cccc(C#N)c4)ccc2n3-c2ccc(C(F)(F)F)cc2-c2ccncc2-n2c3ccc(-c4cccc(C#N)c4)cc3c3cc(-c4cccc(C#N)c4)ccc32)c1. The average Bonchev–Trinajstić information content (AvgIpc) is 3.96. The number of hydrogen-bond donors (Lipinski definition) is 0. The molecule has 0 atom stereocenters. The summed E-state index contributed by atoms with van der Waals surface area (Å²) in [5.41, 5.74) is 12.8. The van der Waals surface area contributed by atoms with Gasteiger partial charge >= 0.3 is 6.18 Å². The summed E-state index contributed by atoms with van der Waals surface area (Å²) < 4.78 is 49.4. The lowest BCUT2D eigenvalue weighted by atomic mass is 9.99. The van der Waals surface area contributed by atoms with Gasteiger partial charge in [-0.3, -0.25) is 4.98 Å². The standard InChI is InChI=1S/C64H34F3N7/c65-64(66,67)51-17-22-62(73-58-18-13-47(43-9-1-5-39(25-43)34-68)29-53(58)54-30-48(14-19-59(54)73)44-10-2-6-40(26-44)35-69)57(33-51)52-23-24-72-38-63(52)74-60-20-15-49(45-11-3-7-41(27-45)36-70)31-55(60)56-32-50(16-21-61(56)74)46-12-4-8-42(28-46)37-71/h1-33,38H. The molecule has 12 aromatic rings. The molecule has 7 nitrogen and oxygen atoms in total. The van der Waals surface area contributed by atoms with Gasteiger partial charge < -0.3 is 9.13 Å². The summed E-state index contributed by atoms with van der Waals surface area (Å²) in [6.07, 6.45) is -1.42. The van der Waals surface area contributed by atoms with E-state index in [0.29, 0.717) is 44.8 Å². The molecule has 0 amide bonds. The van der Waals surface area contributed by atoms with Crippen LogP contribution in [0.15, 0.2) is 207 Å². The molecule has 10 heteroatoms. The summed E-state index contributed by atoms with van der Waals surface area (Å²) in [6.45, 7) is 0. The molecule has 0 N–H and O–H groups in total. The number of alkyl halides is 3. The second-order valence-corrected chi connectivity index (χ2v) is 18.0. The van der Waals surface area contributed by atoms with Crippen molar-refractivity contribution in [2.24, 2.45) is 0 Å². The molecule has 346 valence electrons. The Kier molecular flexibility index (Phi) is 10.7. The van der Waals surface area contributed by atoms with E-state index in [1.165, 1.54) is 12.1 Å². The van der Waals surface area contributed by atoms with Crippen molar-refractivity contribution in [3.63, 3.8) is 0 Å². The van der Waals surface area contributed by atoms with Gasteiger partial charge in [0, 0.05) is 38.9 Å². The van der Waals surface area contributed by atoms with Crippen LogP contribution in [0.3, 0.4) is 0 Å². The van der Waals surface area contributed by atoms with E-state index in [4.69, 9.17) is 0 Å². The number of rotatable bonds is 7. The summed E-state index contributed by atoms with van der Waals surface area (Å²) >= 11 is 0. The van der Waals surface area contributed by atoms with E-state index in [9.17, 15) is 21.0 Å². The fourth-order valence-corrected chi connectivity index (χ4v) is 10.3. The van der Waals surface area contributed by atoms with Crippen LogP contribution in [0.2, 0.25) is 0 Å². The second kappa shape index (κ2) is 17.7. The highest BCUT2D eigenvalue weighted by Crippen LogP contribution is 2.45. The number of nitriles is 4. The normalized spacial score (nSPS) is 11.4. The summed E-state index contributed by atoms with van der Waals surface area (Å²) in [7, 11) is 0. The van der Waals surface area contributed by atoms with E-state index < -0.39 is 11.7 Å². The topological polar surface area (TPSA) is 118 Å². The minimum Gasteiger partial charge on any atom is -0.309 e. The zero-order valence-electron chi connectivity index (χ0n) is 38.9. The lowest BCUT2D eigenvalue weighted by Gasteiger charge is -2.20. The minimum absolute atomic E-state index is 0.303. The molecule has 0 saturated carbocycles. The maximum Gasteiger partial charge on any atom is 0.416 e. The number of fused-ring (bicyclic) bond motifs is 6. The molecule has 0 bridgehead atoms. The highest BCUT2D eigenvalue weighted by atomic mass is 19.4. The van der Waals surface area contributed by atoms with Gasteiger partial charge in [0.25, 0.3) is 0 Å². The molecular weight excluding hydrogens is 924 g/mol. The van der Waals surface area contributed by atoms with Crippen molar-refractivity contribution < 1.29 is 13.2 Å². The Bertz CT molecular complexity index is 4260. The van der Waals surface area contributed by atoms with Crippen molar-refractivity contribution in [1.29, 1.82) is 21.0 Å². The molecule has 0 aliphatic rings. The maximum absolute atomic E-state index is 15.1. The minimum atomic E-state index is -4.69.